The monoisotopic (exact) mass is 308 g/mol. The van der Waals surface area contributed by atoms with Gasteiger partial charge >= 0.3 is 6.09 Å². The van der Waals surface area contributed by atoms with Crippen LogP contribution in [0.4, 0.5) is 16.3 Å². The van der Waals surface area contributed by atoms with Crippen LogP contribution in [0.3, 0.4) is 0 Å². The molecular formula is C14H17ClN4O2. The van der Waals surface area contributed by atoms with Crippen molar-refractivity contribution in [2.45, 2.75) is 6.92 Å². The van der Waals surface area contributed by atoms with Crippen LogP contribution in [-0.2, 0) is 7.05 Å². The molecule has 0 atom stereocenters. The summed E-state index contributed by atoms with van der Waals surface area (Å²) in [4.78, 5) is 12.8. The highest BCUT2D eigenvalue weighted by Gasteiger charge is 2.12. The highest BCUT2D eigenvalue weighted by atomic mass is 35.5. The van der Waals surface area contributed by atoms with Crippen molar-refractivity contribution in [2.24, 2.45) is 7.05 Å². The maximum Gasteiger partial charge on any atom is 0.416 e. The number of rotatable bonds is 3. The zero-order valence-electron chi connectivity index (χ0n) is 12.3. The van der Waals surface area contributed by atoms with Crippen LogP contribution in [0.5, 0.6) is 5.88 Å². The Morgan fingerprint density at radius 1 is 1.38 bits per heavy atom. The molecule has 0 radical (unpaired) electrons. The van der Waals surface area contributed by atoms with E-state index in [-0.39, 0.29) is 5.88 Å². The molecule has 0 fully saturated rings. The third kappa shape index (κ3) is 3.66. The number of halogens is 1. The number of benzene rings is 1. The molecule has 6 nitrogen and oxygen atoms in total. The number of anilines is 2. The molecule has 1 heterocycles. The number of aryl methyl sites for hydroxylation is 2. The molecule has 0 spiro atoms. The maximum atomic E-state index is 11.5. The van der Waals surface area contributed by atoms with E-state index in [2.05, 4.69) is 10.4 Å². The van der Waals surface area contributed by atoms with Crippen molar-refractivity contribution in [3.63, 3.8) is 0 Å². The fourth-order valence-corrected chi connectivity index (χ4v) is 1.79. The van der Waals surface area contributed by atoms with Gasteiger partial charge in [-0.2, -0.15) is 0 Å². The average Bonchev–Trinajstić information content (AvgIpc) is 2.74. The van der Waals surface area contributed by atoms with Gasteiger partial charge in [0.2, 0.25) is 5.88 Å². The highest BCUT2D eigenvalue weighted by molar-refractivity contribution is 6.31. The Bertz CT molecular complexity index is 667. The van der Waals surface area contributed by atoms with Crippen LogP contribution in [0, 0.1) is 6.92 Å². The molecule has 0 aliphatic heterocycles. The zero-order valence-corrected chi connectivity index (χ0v) is 13.1. The lowest BCUT2D eigenvalue weighted by Crippen LogP contribution is -2.25. The summed E-state index contributed by atoms with van der Waals surface area (Å²) in [5.41, 5.74) is 1.84. The summed E-state index contributed by atoms with van der Waals surface area (Å²) in [6.45, 7) is 1.94. The number of aromatic nitrogens is 2. The Labute approximate surface area is 128 Å². The van der Waals surface area contributed by atoms with E-state index in [1.54, 1.807) is 31.9 Å². The van der Waals surface area contributed by atoms with E-state index >= 15 is 0 Å². The topological polar surface area (TPSA) is 59.4 Å². The fraction of sp³-hybridized carbons (Fsp3) is 0.286. The van der Waals surface area contributed by atoms with Crippen molar-refractivity contribution in [2.75, 3.05) is 19.4 Å². The Morgan fingerprint density at radius 2 is 2.10 bits per heavy atom. The minimum Gasteiger partial charge on any atom is -0.389 e. The van der Waals surface area contributed by atoms with Crippen LogP contribution in [-0.4, -0.2) is 34.9 Å². The predicted octanol–water partition coefficient (Wildman–Crippen LogP) is 3.19. The predicted molar refractivity (Wildman–Crippen MR) is 82.4 cm³/mol. The summed E-state index contributed by atoms with van der Waals surface area (Å²) in [5, 5.41) is 7.98. The third-order valence-electron chi connectivity index (χ3n) is 2.86. The van der Waals surface area contributed by atoms with E-state index in [9.17, 15) is 4.79 Å². The third-order valence-corrected chi connectivity index (χ3v) is 3.27. The van der Waals surface area contributed by atoms with Gasteiger partial charge in [-0.3, -0.25) is 0 Å². The number of carbonyl (C=O) groups excluding carboxylic acids is 1. The van der Waals surface area contributed by atoms with Crippen molar-refractivity contribution in [1.82, 2.24) is 14.7 Å². The Morgan fingerprint density at radius 3 is 2.71 bits per heavy atom. The molecule has 0 saturated carbocycles. The SMILES string of the molecule is Cc1ccc(Nc2cc(OC(=O)N(C)C)nn2C)cc1Cl. The molecule has 1 aromatic heterocycles. The first-order chi connectivity index (χ1) is 9.86. The molecule has 7 heteroatoms. The molecule has 0 aliphatic rings. The lowest BCUT2D eigenvalue weighted by Gasteiger charge is -2.07. The number of nitrogens with zero attached hydrogens (tertiary/aromatic N) is 3. The second kappa shape index (κ2) is 6.05. The van der Waals surface area contributed by atoms with Gasteiger partial charge in [-0.15, -0.1) is 5.10 Å². The maximum absolute atomic E-state index is 11.5. The molecule has 1 amide bonds. The molecule has 0 aliphatic carbocycles. The van der Waals surface area contributed by atoms with Crippen LogP contribution < -0.4 is 10.1 Å². The van der Waals surface area contributed by atoms with Gasteiger partial charge in [0.15, 0.2) is 0 Å². The summed E-state index contributed by atoms with van der Waals surface area (Å²) in [5.74, 6) is 0.924. The minimum atomic E-state index is -0.474. The van der Waals surface area contributed by atoms with Crippen LogP contribution in [0.2, 0.25) is 5.02 Å². The van der Waals surface area contributed by atoms with Crippen LogP contribution in [0.15, 0.2) is 24.3 Å². The number of hydrogen-bond acceptors (Lipinski definition) is 4. The van der Waals surface area contributed by atoms with Gasteiger partial charge in [-0.05, 0) is 24.6 Å². The molecule has 0 bridgehead atoms. The second-order valence-electron chi connectivity index (χ2n) is 4.84. The smallest absolute Gasteiger partial charge is 0.389 e. The Hall–Kier alpha value is -2.21. The zero-order chi connectivity index (χ0) is 15.6. The number of hydrogen-bond donors (Lipinski definition) is 1. The molecule has 2 aromatic rings. The molecule has 1 aromatic carbocycles. The van der Waals surface area contributed by atoms with E-state index in [4.69, 9.17) is 16.3 Å². The van der Waals surface area contributed by atoms with Gasteiger partial charge in [-0.1, -0.05) is 17.7 Å². The first kappa shape index (κ1) is 15.2. The second-order valence-corrected chi connectivity index (χ2v) is 5.25. The van der Waals surface area contributed by atoms with E-state index in [1.807, 2.05) is 25.1 Å². The molecular weight excluding hydrogens is 292 g/mol. The molecule has 1 N–H and O–H groups in total. The Balaban J connectivity index is 2.15. The summed E-state index contributed by atoms with van der Waals surface area (Å²) < 4.78 is 6.70. The number of nitrogens with one attached hydrogen (secondary N) is 1. The lowest BCUT2D eigenvalue weighted by molar-refractivity contribution is 0.169. The molecule has 0 unspecified atom stereocenters. The van der Waals surface area contributed by atoms with Gasteiger partial charge in [-0.25, -0.2) is 9.48 Å². The van der Waals surface area contributed by atoms with Crippen LogP contribution in [0.1, 0.15) is 5.56 Å². The standard InChI is InChI=1S/C14H17ClN4O2/c1-9-5-6-10(7-11(9)15)16-12-8-13(17-19(12)4)21-14(20)18(2)3/h5-8,16H,1-4H3. The Kier molecular flexibility index (Phi) is 4.37. The summed E-state index contributed by atoms with van der Waals surface area (Å²) in [6, 6.07) is 7.32. The molecule has 21 heavy (non-hydrogen) atoms. The first-order valence-electron chi connectivity index (χ1n) is 6.33. The van der Waals surface area contributed by atoms with E-state index in [0.29, 0.717) is 10.8 Å². The van der Waals surface area contributed by atoms with Crippen molar-refractivity contribution in [3.05, 3.63) is 34.9 Å². The fourth-order valence-electron chi connectivity index (χ4n) is 1.61. The minimum absolute atomic E-state index is 0.233. The largest absolute Gasteiger partial charge is 0.416 e. The van der Waals surface area contributed by atoms with Crippen molar-refractivity contribution < 1.29 is 9.53 Å². The van der Waals surface area contributed by atoms with Gasteiger partial charge < -0.3 is 15.0 Å². The summed E-state index contributed by atoms with van der Waals surface area (Å²) in [7, 11) is 4.97. The van der Waals surface area contributed by atoms with E-state index in [0.717, 1.165) is 11.3 Å². The van der Waals surface area contributed by atoms with Crippen LogP contribution in [0.25, 0.3) is 0 Å². The average molecular weight is 309 g/mol. The lowest BCUT2D eigenvalue weighted by atomic mass is 10.2. The normalized spacial score (nSPS) is 10.3. The molecule has 0 saturated heterocycles. The van der Waals surface area contributed by atoms with Crippen molar-refractivity contribution >= 4 is 29.2 Å². The van der Waals surface area contributed by atoms with Gasteiger partial charge in [0.05, 0.1) is 0 Å². The molecule has 2 rings (SSSR count). The quantitative estimate of drug-likeness (QED) is 0.946. The highest BCUT2D eigenvalue weighted by Crippen LogP contribution is 2.24. The van der Waals surface area contributed by atoms with Crippen molar-refractivity contribution in [3.8, 4) is 5.88 Å². The number of ether oxygens (including phenoxy) is 1. The van der Waals surface area contributed by atoms with E-state index < -0.39 is 6.09 Å². The van der Waals surface area contributed by atoms with Gasteiger partial charge in [0.1, 0.15) is 5.82 Å². The van der Waals surface area contributed by atoms with Gasteiger partial charge in [0.25, 0.3) is 0 Å². The van der Waals surface area contributed by atoms with Gasteiger partial charge in [0, 0.05) is 37.9 Å². The number of amides is 1. The van der Waals surface area contributed by atoms with Crippen LogP contribution >= 0.6 is 11.6 Å². The van der Waals surface area contributed by atoms with E-state index in [1.165, 1.54) is 4.90 Å². The summed E-state index contributed by atoms with van der Waals surface area (Å²) >= 11 is 6.09. The summed E-state index contributed by atoms with van der Waals surface area (Å²) in [6.07, 6.45) is -0.474. The first-order valence-corrected chi connectivity index (χ1v) is 6.71. The molecule has 112 valence electrons. The number of carbonyl (C=O) groups is 1. The van der Waals surface area contributed by atoms with Crippen molar-refractivity contribution in [1.29, 1.82) is 0 Å².